The summed E-state index contributed by atoms with van der Waals surface area (Å²) in [5.41, 5.74) is 2.09. The van der Waals surface area contributed by atoms with Crippen LogP contribution in [0.1, 0.15) is 17.8 Å². The number of carbonyl (C=O) groups is 1. The lowest BCUT2D eigenvalue weighted by molar-refractivity contribution is -0.120. The largest absolute Gasteiger partial charge is 0.411 e. The van der Waals surface area contributed by atoms with E-state index in [0.29, 0.717) is 41.2 Å². The summed E-state index contributed by atoms with van der Waals surface area (Å²) in [6.45, 7) is 2.06. The predicted octanol–water partition coefficient (Wildman–Crippen LogP) is 1.62. The number of nitrogens with zero attached hydrogens (tertiary/aromatic N) is 5. The highest BCUT2D eigenvalue weighted by Crippen LogP contribution is 2.22. The number of hydrogen-bond acceptors (Lipinski definition) is 9. The Morgan fingerprint density at radius 1 is 1.25 bits per heavy atom. The molecule has 24 heavy (non-hydrogen) atoms. The maximum Gasteiger partial charge on any atom is 0.276 e. The summed E-state index contributed by atoms with van der Waals surface area (Å²) in [4.78, 5) is 15.7. The number of nitrogens with one attached hydrogen (secondary N) is 1. The SMILES string of the molecule is Cc1nonc1CNC(=O)CCSc1nnc(-c2ccncc2)o1. The summed E-state index contributed by atoms with van der Waals surface area (Å²) in [5.74, 6) is 0.858. The summed E-state index contributed by atoms with van der Waals surface area (Å²) in [6, 6.07) is 3.58. The predicted molar refractivity (Wildman–Crippen MR) is 83.8 cm³/mol. The third-order valence-corrected chi connectivity index (χ3v) is 3.91. The number of carbonyl (C=O) groups excluding carboxylic acids is 1. The van der Waals surface area contributed by atoms with Crippen molar-refractivity contribution in [3.8, 4) is 11.5 Å². The molecule has 3 aromatic rings. The van der Waals surface area contributed by atoms with Crippen molar-refractivity contribution in [1.29, 1.82) is 0 Å². The van der Waals surface area contributed by atoms with Crippen molar-refractivity contribution in [2.75, 3.05) is 5.75 Å². The monoisotopic (exact) mass is 346 g/mol. The molecule has 0 atom stereocenters. The Bertz CT molecular complexity index is 804. The van der Waals surface area contributed by atoms with Crippen LogP contribution in [0.4, 0.5) is 0 Å². The molecule has 0 spiro atoms. The second-order valence-electron chi connectivity index (χ2n) is 4.78. The van der Waals surface area contributed by atoms with Crippen LogP contribution in [0.3, 0.4) is 0 Å². The minimum absolute atomic E-state index is 0.0984. The van der Waals surface area contributed by atoms with E-state index in [-0.39, 0.29) is 5.91 Å². The molecular weight excluding hydrogens is 332 g/mol. The second kappa shape index (κ2) is 7.68. The van der Waals surface area contributed by atoms with Crippen LogP contribution in [0.2, 0.25) is 0 Å². The van der Waals surface area contributed by atoms with Crippen molar-refractivity contribution in [3.63, 3.8) is 0 Å². The van der Waals surface area contributed by atoms with Crippen molar-refractivity contribution in [2.45, 2.75) is 25.1 Å². The smallest absolute Gasteiger partial charge is 0.276 e. The van der Waals surface area contributed by atoms with E-state index in [1.807, 2.05) is 0 Å². The Kier molecular flexibility index (Phi) is 5.16. The summed E-state index contributed by atoms with van der Waals surface area (Å²) in [7, 11) is 0. The van der Waals surface area contributed by atoms with Gasteiger partial charge in [-0.25, -0.2) is 4.63 Å². The van der Waals surface area contributed by atoms with Gasteiger partial charge in [0.1, 0.15) is 11.4 Å². The first-order chi connectivity index (χ1) is 11.7. The minimum atomic E-state index is -0.0984. The zero-order valence-electron chi connectivity index (χ0n) is 12.8. The van der Waals surface area contributed by atoms with E-state index < -0.39 is 0 Å². The van der Waals surface area contributed by atoms with Crippen LogP contribution in [-0.4, -0.2) is 37.2 Å². The van der Waals surface area contributed by atoms with E-state index in [2.05, 4.69) is 35.4 Å². The van der Waals surface area contributed by atoms with Crippen LogP contribution in [-0.2, 0) is 11.3 Å². The molecule has 3 rings (SSSR count). The summed E-state index contributed by atoms with van der Waals surface area (Å²) in [6.07, 6.45) is 3.63. The molecule has 9 nitrogen and oxygen atoms in total. The molecule has 3 aromatic heterocycles. The Morgan fingerprint density at radius 3 is 2.83 bits per heavy atom. The highest BCUT2D eigenvalue weighted by atomic mass is 32.2. The van der Waals surface area contributed by atoms with Gasteiger partial charge in [0.15, 0.2) is 0 Å². The van der Waals surface area contributed by atoms with Crippen LogP contribution in [0.25, 0.3) is 11.5 Å². The van der Waals surface area contributed by atoms with Gasteiger partial charge in [-0.3, -0.25) is 9.78 Å². The lowest BCUT2D eigenvalue weighted by Crippen LogP contribution is -2.23. The zero-order valence-corrected chi connectivity index (χ0v) is 13.6. The molecule has 3 heterocycles. The van der Waals surface area contributed by atoms with Gasteiger partial charge in [-0.05, 0) is 19.1 Å². The molecule has 0 aromatic carbocycles. The average molecular weight is 346 g/mol. The topological polar surface area (TPSA) is 120 Å². The van der Waals surface area contributed by atoms with E-state index in [1.165, 1.54) is 11.8 Å². The number of pyridine rings is 1. The first kappa shape index (κ1) is 16.1. The standard InChI is InChI=1S/C14H14N6O3S/c1-9-11(20-23-19-9)8-16-12(21)4-7-24-14-18-17-13(22-14)10-2-5-15-6-3-10/h2-3,5-6H,4,7-8H2,1H3,(H,16,21). The third-order valence-electron chi connectivity index (χ3n) is 3.09. The van der Waals surface area contributed by atoms with Crippen LogP contribution in [0, 0.1) is 6.92 Å². The molecule has 0 radical (unpaired) electrons. The molecule has 0 aliphatic rings. The lowest BCUT2D eigenvalue weighted by atomic mass is 10.3. The van der Waals surface area contributed by atoms with E-state index in [4.69, 9.17) is 4.42 Å². The molecular formula is C14H14N6O3S. The van der Waals surface area contributed by atoms with Gasteiger partial charge in [0.25, 0.3) is 5.22 Å². The molecule has 1 N–H and O–H groups in total. The van der Waals surface area contributed by atoms with Gasteiger partial charge in [-0.15, -0.1) is 10.2 Å². The molecule has 124 valence electrons. The Morgan fingerprint density at radius 2 is 2.08 bits per heavy atom. The van der Waals surface area contributed by atoms with Gasteiger partial charge in [0.2, 0.25) is 11.8 Å². The number of thioether (sulfide) groups is 1. The van der Waals surface area contributed by atoms with Crippen LogP contribution >= 0.6 is 11.8 Å². The van der Waals surface area contributed by atoms with Crippen molar-refractivity contribution in [1.82, 2.24) is 30.8 Å². The van der Waals surface area contributed by atoms with Crippen molar-refractivity contribution < 1.29 is 13.8 Å². The number of amides is 1. The fraction of sp³-hybridized carbons (Fsp3) is 0.286. The van der Waals surface area contributed by atoms with Gasteiger partial charge in [0, 0.05) is 30.1 Å². The molecule has 0 fully saturated rings. The Hall–Kier alpha value is -2.75. The number of aryl methyl sites for hydroxylation is 1. The average Bonchev–Trinajstić information content (AvgIpc) is 3.23. The van der Waals surface area contributed by atoms with Crippen molar-refractivity contribution in [2.24, 2.45) is 0 Å². The molecule has 0 aliphatic carbocycles. The minimum Gasteiger partial charge on any atom is -0.411 e. The first-order valence-electron chi connectivity index (χ1n) is 7.14. The quantitative estimate of drug-likeness (QED) is 0.636. The van der Waals surface area contributed by atoms with Gasteiger partial charge in [-0.2, -0.15) is 0 Å². The third kappa shape index (κ3) is 4.16. The molecule has 10 heteroatoms. The highest BCUT2D eigenvalue weighted by molar-refractivity contribution is 7.99. The van der Waals surface area contributed by atoms with Crippen LogP contribution in [0.15, 0.2) is 38.8 Å². The lowest BCUT2D eigenvalue weighted by Gasteiger charge is -2.01. The molecule has 0 bridgehead atoms. The maximum absolute atomic E-state index is 11.8. The summed E-state index contributed by atoms with van der Waals surface area (Å²) in [5, 5.41) is 18.5. The Labute approximate surface area is 141 Å². The van der Waals surface area contributed by atoms with Gasteiger partial charge < -0.3 is 9.73 Å². The van der Waals surface area contributed by atoms with Crippen molar-refractivity contribution in [3.05, 3.63) is 35.9 Å². The van der Waals surface area contributed by atoms with Crippen LogP contribution < -0.4 is 5.32 Å². The van der Waals surface area contributed by atoms with E-state index >= 15 is 0 Å². The number of rotatable bonds is 7. The summed E-state index contributed by atoms with van der Waals surface area (Å²) >= 11 is 1.33. The van der Waals surface area contributed by atoms with E-state index in [9.17, 15) is 4.79 Å². The fourth-order valence-corrected chi connectivity index (χ4v) is 2.49. The highest BCUT2D eigenvalue weighted by Gasteiger charge is 2.11. The normalized spacial score (nSPS) is 10.7. The van der Waals surface area contributed by atoms with E-state index in [1.54, 1.807) is 31.5 Å². The number of aromatic nitrogens is 5. The van der Waals surface area contributed by atoms with Gasteiger partial charge in [-0.1, -0.05) is 22.1 Å². The summed E-state index contributed by atoms with van der Waals surface area (Å²) < 4.78 is 10.1. The number of hydrogen-bond donors (Lipinski definition) is 1. The molecule has 0 unspecified atom stereocenters. The van der Waals surface area contributed by atoms with Gasteiger partial charge in [0.05, 0.1) is 6.54 Å². The molecule has 0 saturated heterocycles. The Balaban J connectivity index is 1.42. The maximum atomic E-state index is 11.8. The molecule has 0 aliphatic heterocycles. The van der Waals surface area contributed by atoms with E-state index in [0.717, 1.165) is 5.56 Å². The van der Waals surface area contributed by atoms with Crippen molar-refractivity contribution >= 4 is 17.7 Å². The first-order valence-corrected chi connectivity index (χ1v) is 8.12. The fourth-order valence-electron chi connectivity index (χ4n) is 1.79. The molecule has 0 saturated carbocycles. The van der Waals surface area contributed by atoms with Gasteiger partial charge >= 0.3 is 0 Å². The zero-order chi connectivity index (χ0) is 16.8. The van der Waals surface area contributed by atoms with Crippen LogP contribution in [0.5, 0.6) is 0 Å². The molecule has 1 amide bonds. The second-order valence-corrected chi connectivity index (χ2v) is 5.83.